The van der Waals surface area contributed by atoms with Crippen LogP contribution in [0.1, 0.15) is 38.2 Å². The Balaban J connectivity index is 1.74. The number of aromatic nitrogens is 1. The number of guanidine groups is 1. The third-order valence-electron chi connectivity index (χ3n) is 4.49. The average Bonchev–Trinajstić information content (AvgIpc) is 2.67. The molecule has 1 aliphatic rings. The summed E-state index contributed by atoms with van der Waals surface area (Å²) in [6.45, 7) is 6.32. The molecule has 0 radical (unpaired) electrons. The lowest BCUT2D eigenvalue weighted by molar-refractivity contribution is 0.0625. The molecule has 0 aromatic carbocycles. The Hall–Kier alpha value is -1.82. The van der Waals surface area contributed by atoms with E-state index in [0.29, 0.717) is 19.0 Å². The monoisotopic (exact) mass is 348 g/mol. The molecule has 0 atom stereocenters. The van der Waals surface area contributed by atoms with Crippen molar-refractivity contribution in [3.63, 3.8) is 0 Å². The predicted octanol–water partition coefficient (Wildman–Crippen LogP) is 2.69. The first kappa shape index (κ1) is 19.5. The van der Waals surface area contributed by atoms with E-state index in [1.54, 1.807) is 0 Å². The SMILES string of the molecule is CCCOc1ccc(CNC(=NC)N(C)CCC2CCOCC2)cn1. The van der Waals surface area contributed by atoms with Gasteiger partial charge in [0, 0.05) is 52.7 Å². The van der Waals surface area contributed by atoms with E-state index in [4.69, 9.17) is 9.47 Å². The molecule has 25 heavy (non-hydrogen) atoms. The Bertz CT molecular complexity index is 513. The molecule has 140 valence electrons. The Kier molecular flexibility index (Phi) is 8.52. The minimum Gasteiger partial charge on any atom is -0.478 e. The van der Waals surface area contributed by atoms with E-state index in [0.717, 1.165) is 43.6 Å². The Labute approximate surface area is 151 Å². The van der Waals surface area contributed by atoms with E-state index in [1.165, 1.54) is 19.3 Å². The van der Waals surface area contributed by atoms with Gasteiger partial charge in [-0.25, -0.2) is 4.98 Å². The third-order valence-corrected chi connectivity index (χ3v) is 4.49. The number of aliphatic imine (C=N–C) groups is 1. The van der Waals surface area contributed by atoms with Crippen molar-refractivity contribution < 1.29 is 9.47 Å². The molecule has 1 fully saturated rings. The first-order valence-electron chi connectivity index (χ1n) is 9.30. The normalized spacial score (nSPS) is 15.9. The lowest BCUT2D eigenvalue weighted by Crippen LogP contribution is -2.39. The first-order valence-corrected chi connectivity index (χ1v) is 9.30. The molecule has 0 bridgehead atoms. The molecule has 2 heterocycles. The summed E-state index contributed by atoms with van der Waals surface area (Å²) in [7, 11) is 3.92. The molecule has 6 nitrogen and oxygen atoms in total. The van der Waals surface area contributed by atoms with Crippen LogP contribution >= 0.6 is 0 Å². The zero-order valence-corrected chi connectivity index (χ0v) is 15.8. The summed E-state index contributed by atoms with van der Waals surface area (Å²) < 4.78 is 10.9. The highest BCUT2D eigenvalue weighted by Gasteiger charge is 2.15. The predicted molar refractivity (Wildman–Crippen MR) is 101 cm³/mol. The van der Waals surface area contributed by atoms with Crippen molar-refractivity contribution in [1.82, 2.24) is 15.2 Å². The van der Waals surface area contributed by atoms with Gasteiger partial charge in [-0.3, -0.25) is 4.99 Å². The summed E-state index contributed by atoms with van der Waals surface area (Å²) in [4.78, 5) is 10.9. The van der Waals surface area contributed by atoms with Gasteiger partial charge in [0.05, 0.1) is 6.61 Å². The fourth-order valence-electron chi connectivity index (χ4n) is 2.89. The van der Waals surface area contributed by atoms with Crippen LogP contribution in [0.4, 0.5) is 0 Å². The van der Waals surface area contributed by atoms with Gasteiger partial charge < -0.3 is 19.7 Å². The summed E-state index contributed by atoms with van der Waals surface area (Å²) in [5.74, 6) is 2.37. The maximum absolute atomic E-state index is 5.51. The molecule has 6 heteroatoms. The van der Waals surface area contributed by atoms with Gasteiger partial charge in [-0.05, 0) is 37.2 Å². The Morgan fingerprint density at radius 3 is 2.84 bits per heavy atom. The van der Waals surface area contributed by atoms with Crippen molar-refractivity contribution in [3.05, 3.63) is 23.9 Å². The molecule has 1 aromatic heterocycles. The summed E-state index contributed by atoms with van der Waals surface area (Å²) in [5.41, 5.74) is 1.11. The first-order chi connectivity index (χ1) is 12.2. The molecule has 0 amide bonds. The van der Waals surface area contributed by atoms with Crippen LogP contribution in [0.2, 0.25) is 0 Å². The van der Waals surface area contributed by atoms with Gasteiger partial charge in [-0.2, -0.15) is 0 Å². The van der Waals surface area contributed by atoms with Crippen LogP contribution in [0, 0.1) is 5.92 Å². The standard InChI is InChI=1S/C19H32N4O2/c1-4-11-25-18-6-5-17(14-21-18)15-22-19(20-2)23(3)10-7-16-8-12-24-13-9-16/h5-6,14,16H,4,7-13,15H2,1-3H3,(H,20,22). The second-order valence-electron chi connectivity index (χ2n) is 6.52. The highest BCUT2D eigenvalue weighted by molar-refractivity contribution is 5.79. The van der Waals surface area contributed by atoms with Crippen molar-refractivity contribution in [2.75, 3.05) is 40.5 Å². The number of ether oxygens (including phenoxy) is 2. The number of hydrogen-bond acceptors (Lipinski definition) is 4. The van der Waals surface area contributed by atoms with Crippen LogP contribution in [0.25, 0.3) is 0 Å². The minimum absolute atomic E-state index is 0.684. The molecule has 1 aliphatic heterocycles. The van der Waals surface area contributed by atoms with E-state index in [-0.39, 0.29) is 0 Å². The summed E-state index contributed by atoms with van der Waals surface area (Å²) in [6, 6.07) is 3.96. The van der Waals surface area contributed by atoms with Crippen molar-refractivity contribution in [2.45, 2.75) is 39.2 Å². The van der Waals surface area contributed by atoms with Crippen molar-refractivity contribution in [2.24, 2.45) is 10.9 Å². The number of nitrogens with zero attached hydrogens (tertiary/aromatic N) is 3. The maximum Gasteiger partial charge on any atom is 0.213 e. The van der Waals surface area contributed by atoms with E-state index >= 15 is 0 Å². The smallest absolute Gasteiger partial charge is 0.213 e. The van der Waals surface area contributed by atoms with Gasteiger partial charge >= 0.3 is 0 Å². The van der Waals surface area contributed by atoms with E-state index < -0.39 is 0 Å². The fraction of sp³-hybridized carbons (Fsp3) is 0.684. The lowest BCUT2D eigenvalue weighted by Gasteiger charge is -2.26. The average molecular weight is 348 g/mol. The molecule has 0 saturated carbocycles. The van der Waals surface area contributed by atoms with Crippen LogP contribution in [0.3, 0.4) is 0 Å². The van der Waals surface area contributed by atoms with Crippen molar-refractivity contribution in [1.29, 1.82) is 0 Å². The fourth-order valence-corrected chi connectivity index (χ4v) is 2.89. The molecule has 0 unspecified atom stereocenters. The van der Waals surface area contributed by atoms with Gasteiger partial charge in [0.1, 0.15) is 0 Å². The highest BCUT2D eigenvalue weighted by Crippen LogP contribution is 2.18. The summed E-state index contributed by atoms with van der Waals surface area (Å²) in [6.07, 6.45) is 6.39. The molecular formula is C19H32N4O2. The number of nitrogens with one attached hydrogen (secondary N) is 1. The van der Waals surface area contributed by atoms with Gasteiger partial charge in [0.15, 0.2) is 5.96 Å². The summed E-state index contributed by atoms with van der Waals surface area (Å²) >= 11 is 0. The zero-order valence-electron chi connectivity index (χ0n) is 15.8. The van der Waals surface area contributed by atoms with Crippen molar-refractivity contribution >= 4 is 5.96 Å². The lowest BCUT2D eigenvalue weighted by atomic mass is 9.96. The minimum atomic E-state index is 0.684. The van der Waals surface area contributed by atoms with E-state index in [2.05, 4.69) is 34.2 Å². The van der Waals surface area contributed by atoms with Crippen LogP contribution in [-0.2, 0) is 11.3 Å². The summed E-state index contributed by atoms with van der Waals surface area (Å²) in [5, 5.41) is 3.41. The largest absolute Gasteiger partial charge is 0.478 e. The van der Waals surface area contributed by atoms with E-state index in [1.807, 2.05) is 25.4 Å². The molecule has 0 spiro atoms. The van der Waals surface area contributed by atoms with Crippen LogP contribution < -0.4 is 10.1 Å². The van der Waals surface area contributed by atoms with Crippen LogP contribution in [-0.4, -0.2) is 56.3 Å². The number of hydrogen-bond donors (Lipinski definition) is 1. The second-order valence-corrected chi connectivity index (χ2v) is 6.52. The van der Waals surface area contributed by atoms with E-state index in [9.17, 15) is 0 Å². The van der Waals surface area contributed by atoms with Gasteiger partial charge in [0.2, 0.25) is 5.88 Å². The van der Waals surface area contributed by atoms with Crippen molar-refractivity contribution in [3.8, 4) is 5.88 Å². The molecule has 1 aromatic rings. The molecular weight excluding hydrogens is 316 g/mol. The Morgan fingerprint density at radius 1 is 1.40 bits per heavy atom. The molecule has 1 saturated heterocycles. The third kappa shape index (κ3) is 6.90. The van der Waals surface area contributed by atoms with Gasteiger partial charge in [-0.15, -0.1) is 0 Å². The maximum atomic E-state index is 5.51. The highest BCUT2D eigenvalue weighted by atomic mass is 16.5. The van der Waals surface area contributed by atoms with Gasteiger partial charge in [-0.1, -0.05) is 13.0 Å². The molecule has 1 N–H and O–H groups in total. The number of rotatable bonds is 8. The van der Waals surface area contributed by atoms with Crippen LogP contribution in [0.5, 0.6) is 5.88 Å². The quantitative estimate of drug-likeness (QED) is 0.578. The number of pyridine rings is 1. The van der Waals surface area contributed by atoms with Crippen LogP contribution in [0.15, 0.2) is 23.3 Å². The second kappa shape index (κ2) is 10.9. The molecule has 2 rings (SSSR count). The van der Waals surface area contributed by atoms with Gasteiger partial charge in [0.25, 0.3) is 0 Å². The topological polar surface area (TPSA) is 59.0 Å². The zero-order chi connectivity index (χ0) is 17.9. The molecule has 0 aliphatic carbocycles. The Morgan fingerprint density at radius 2 is 2.20 bits per heavy atom.